The molecule has 6 nitrogen and oxygen atoms in total. The Bertz CT molecular complexity index is 170. The molecule has 0 aliphatic rings. The first-order valence-electron chi connectivity index (χ1n) is 6.46. The molecule has 0 atom stereocenters. The van der Waals surface area contributed by atoms with E-state index < -0.39 is 0 Å². The van der Waals surface area contributed by atoms with Gasteiger partial charge in [0, 0.05) is 19.8 Å². The number of hydrogen-bond acceptors (Lipinski definition) is 5. The highest BCUT2D eigenvalue weighted by molar-refractivity contribution is 5.45. The van der Waals surface area contributed by atoms with E-state index in [9.17, 15) is 4.79 Å². The van der Waals surface area contributed by atoms with Crippen LogP contribution in [-0.2, 0) is 19.0 Å². The van der Waals surface area contributed by atoms with Crippen molar-refractivity contribution < 1.29 is 19.0 Å². The van der Waals surface area contributed by atoms with Crippen LogP contribution in [0.4, 0.5) is 0 Å². The second-order valence-electron chi connectivity index (χ2n) is 3.72. The third-order valence-electron chi connectivity index (χ3n) is 2.15. The Hall–Kier alpha value is -0.690. The van der Waals surface area contributed by atoms with Crippen LogP contribution in [0.5, 0.6) is 0 Å². The molecule has 0 aromatic rings. The summed E-state index contributed by atoms with van der Waals surface area (Å²) in [6.07, 6.45) is 2.54. The zero-order chi connectivity index (χ0) is 13.3. The van der Waals surface area contributed by atoms with Crippen LogP contribution in [0.2, 0.25) is 0 Å². The highest BCUT2D eigenvalue weighted by Gasteiger charge is 1.92. The van der Waals surface area contributed by atoms with Crippen molar-refractivity contribution in [2.24, 2.45) is 0 Å². The summed E-state index contributed by atoms with van der Waals surface area (Å²) >= 11 is 0. The van der Waals surface area contributed by atoms with Crippen LogP contribution < -0.4 is 10.6 Å². The molecule has 0 aliphatic heterocycles. The van der Waals surface area contributed by atoms with Crippen LogP contribution in [0.3, 0.4) is 0 Å². The highest BCUT2D eigenvalue weighted by atomic mass is 16.5. The van der Waals surface area contributed by atoms with Crippen molar-refractivity contribution in [3.05, 3.63) is 0 Å². The zero-order valence-corrected chi connectivity index (χ0v) is 11.3. The Morgan fingerprint density at radius 2 is 1.33 bits per heavy atom. The van der Waals surface area contributed by atoms with Gasteiger partial charge in [-0.15, -0.1) is 0 Å². The van der Waals surface area contributed by atoms with Crippen LogP contribution in [0.1, 0.15) is 12.8 Å². The average molecular weight is 262 g/mol. The van der Waals surface area contributed by atoms with Crippen molar-refractivity contribution in [3.63, 3.8) is 0 Å². The molecule has 0 bridgehead atoms. The molecular formula is C12H26N2O4. The highest BCUT2D eigenvalue weighted by Crippen LogP contribution is 1.85. The standard InChI is InChI=1S/C12H26N2O4/c1-13-4-2-6-16-8-10-18-11-9-17-7-3-5-14-12-15/h12-13H,2-11H2,1H3,(H,14,15). The summed E-state index contributed by atoms with van der Waals surface area (Å²) in [6, 6.07) is 0. The predicted molar refractivity (Wildman–Crippen MR) is 69.7 cm³/mol. The van der Waals surface area contributed by atoms with Gasteiger partial charge in [-0.05, 0) is 26.4 Å². The lowest BCUT2D eigenvalue weighted by Crippen LogP contribution is -2.15. The topological polar surface area (TPSA) is 68.8 Å². The van der Waals surface area contributed by atoms with Gasteiger partial charge in [0.25, 0.3) is 0 Å². The molecule has 18 heavy (non-hydrogen) atoms. The minimum Gasteiger partial charge on any atom is -0.379 e. The van der Waals surface area contributed by atoms with Gasteiger partial charge < -0.3 is 24.8 Å². The Morgan fingerprint density at radius 1 is 0.833 bits per heavy atom. The van der Waals surface area contributed by atoms with E-state index in [1.54, 1.807) is 0 Å². The van der Waals surface area contributed by atoms with Crippen molar-refractivity contribution in [1.29, 1.82) is 0 Å². The predicted octanol–water partition coefficient (Wildman–Crippen LogP) is -0.218. The molecule has 1 amide bonds. The summed E-state index contributed by atoms with van der Waals surface area (Å²) in [6.45, 7) is 5.46. The lowest BCUT2D eigenvalue weighted by Gasteiger charge is -2.06. The van der Waals surface area contributed by atoms with Crippen LogP contribution in [0.15, 0.2) is 0 Å². The molecule has 0 spiro atoms. The molecule has 0 aromatic heterocycles. The second kappa shape index (κ2) is 16.3. The van der Waals surface area contributed by atoms with Gasteiger partial charge in [0.1, 0.15) is 0 Å². The molecule has 0 heterocycles. The quantitative estimate of drug-likeness (QED) is 0.315. The summed E-state index contributed by atoms with van der Waals surface area (Å²) < 4.78 is 16.0. The van der Waals surface area contributed by atoms with Gasteiger partial charge in [-0.3, -0.25) is 4.79 Å². The third kappa shape index (κ3) is 15.3. The van der Waals surface area contributed by atoms with Crippen LogP contribution >= 0.6 is 0 Å². The van der Waals surface area contributed by atoms with Crippen LogP contribution in [0.25, 0.3) is 0 Å². The van der Waals surface area contributed by atoms with E-state index in [1.807, 2.05) is 7.05 Å². The van der Waals surface area contributed by atoms with E-state index in [4.69, 9.17) is 14.2 Å². The molecule has 0 aromatic carbocycles. The van der Waals surface area contributed by atoms with Crippen LogP contribution in [0, 0.1) is 0 Å². The van der Waals surface area contributed by atoms with Crippen LogP contribution in [-0.4, -0.2) is 66.2 Å². The van der Waals surface area contributed by atoms with Gasteiger partial charge in [0.05, 0.1) is 26.4 Å². The first-order chi connectivity index (χ1) is 8.91. The third-order valence-corrected chi connectivity index (χ3v) is 2.15. The number of amides is 1. The number of ether oxygens (including phenoxy) is 3. The van der Waals surface area contributed by atoms with Gasteiger partial charge in [-0.25, -0.2) is 0 Å². The number of nitrogens with one attached hydrogen (secondary N) is 2. The molecule has 0 unspecified atom stereocenters. The van der Waals surface area contributed by atoms with Gasteiger partial charge >= 0.3 is 0 Å². The molecule has 0 saturated carbocycles. The van der Waals surface area contributed by atoms with E-state index in [2.05, 4.69) is 10.6 Å². The van der Waals surface area contributed by atoms with E-state index >= 15 is 0 Å². The summed E-state index contributed by atoms with van der Waals surface area (Å²) in [5, 5.41) is 5.63. The molecule has 0 fully saturated rings. The maximum Gasteiger partial charge on any atom is 0.207 e. The molecule has 108 valence electrons. The van der Waals surface area contributed by atoms with Gasteiger partial charge in [0.15, 0.2) is 0 Å². The Morgan fingerprint density at radius 3 is 1.83 bits per heavy atom. The SMILES string of the molecule is CNCCCOCCOCCOCCCNC=O. The Kier molecular flexibility index (Phi) is 15.7. The van der Waals surface area contributed by atoms with E-state index in [0.717, 1.165) is 26.0 Å². The molecule has 0 saturated heterocycles. The fraction of sp³-hybridized carbons (Fsp3) is 0.917. The lowest BCUT2D eigenvalue weighted by atomic mass is 10.4. The van der Waals surface area contributed by atoms with Crippen molar-refractivity contribution in [1.82, 2.24) is 10.6 Å². The minimum absolute atomic E-state index is 0.584. The first kappa shape index (κ1) is 17.3. The van der Waals surface area contributed by atoms with E-state index in [-0.39, 0.29) is 0 Å². The zero-order valence-electron chi connectivity index (χ0n) is 11.3. The lowest BCUT2D eigenvalue weighted by molar-refractivity contribution is -0.109. The van der Waals surface area contributed by atoms with Crippen molar-refractivity contribution in [3.8, 4) is 0 Å². The largest absolute Gasteiger partial charge is 0.379 e. The molecule has 0 aliphatic carbocycles. The molecule has 2 N–H and O–H groups in total. The summed E-state index contributed by atoms with van der Waals surface area (Å²) in [5.41, 5.74) is 0. The van der Waals surface area contributed by atoms with Crippen molar-refractivity contribution in [2.45, 2.75) is 12.8 Å². The van der Waals surface area contributed by atoms with Gasteiger partial charge in [-0.1, -0.05) is 0 Å². The summed E-state index contributed by atoms with van der Waals surface area (Å²) in [5.74, 6) is 0. The number of carbonyl (C=O) groups excluding carboxylic acids is 1. The fourth-order valence-corrected chi connectivity index (χ4v) is 1.23. The van der Waals surface area contributed by atoms with Crippen molar-refractivity contribution in [2.75, 3.05) is 59.8 Å². The number of rotatable bonds is 15. The van der Waals surface area contributed by atoms with Gasteiger partial charge in [0.2, 0.25) is 6.41 Å². The Labute approximate surface area is 109 Å². The summed E-state index contributed by atoms with van der Waals surface area (Å²) in [4.78, 5) is 9.94. The van der Waals surface area contributed by atoms with Crippen molar-refractivity contribution >= 4 is 6.41 Å². The monoisotopic (exact) mass is 262 g/mol. The van der Waals surface area contributed by atoms with Gasteiger partial charge in [-0.2, -0.15) is 0 Å². The normalized spacial score (nSPS) is 10.5. The number of carbonyl (C=O) groups is 1. The average Bonchev–Trinajstić information content (AvgIpc) is 2.39. The van der Waals surface area contributed by atoms with E-state index in [1.165, 1.54) is 0 Å². The first-order valence-corrected chi connectivity index (χ1v) is 6.46. The smallest absolute Gasteiger partial charge is 0.207 e. The maximum absolute atomic E-state index is 9.94. The summed E-state index contributed by atoms with van der Waals surface area (Å²) in [7, 11) is 1.93. The second-order valence-corrected chi connectivity index (χ2v) is 3.72. The Balaban J connectivity index is 2.88. The van der Waals surface area contributed by atoms with E-state index in [0.29, 0.717) is 46.0 Å². The minimum atomic E-state index is 0.584. The fourth-order valence-electron chi connectivity index (χ4n) is 1.23. The number of hydrogen-bond donors (Lipinski definition) is 2. The molecule has 0 rings (SSSR count). The molecular weight excluding hydrogens is 236 g/mol. The maximum atomic E-state index is 9.94. The molecule has 0 radical (unpaired) electrons. The molecule has 6 heteroatoms.